The Morgan fingerprint density at radius 2 is 2.14 bits per heavy atom. The summed E-state index contributed by atoms with van der Waals surface area (Å²) in [5.74, 6) is -0.392. The fourth-order valence-corrected chi connectivity index (χ4v) is 2.17. The summed E-state index contributed by atoms with van der Waals surface area (Å²) in [6.45, 7) is 3.91. The van der Waals surface area contributed by atoms with E-state index in [2.05, 4.69) is 16.4 Å². The molecule has 108 valence electrons. The third kappa shape index (κ3) is 3.48. The molecule has 0 saturated heterocycles. The van der Waals surface area contributed by atoms with Crippen LogP contribution in [0.25, 0.3) is 10.9 Å². The van der Waals surface area contributed by atoms with Gasteiger partial charge >= 0.3 is 5.97 Å². The van der Waals surface area contributed by atoms with Crippen molar-refractivity contribution in [3.63, 3.8) is 0 Å². The van der Waals surface area contributed by atoms with Gasteiger partial charge < -0.3 is 10.4 Å². The highest BCUT2D eigenvalue weighted by atomic mass is 16.4. The standard InChI is InChI=1S/C16H17N3O2/c1-10(2)7-14(16(20)21)19-15-12(9-17)8-11-5-3-4-6-13(11)18-15/h3-6,8,10,14H,7H2,1-2H3,(H,18,19)(H,20,21). The van der Waals surface area contributed by atoms with Crippen LogP contribution >= 0.6 is 0 Å². The Kier molecular flexibility index (Phi) is 4.39. The number of fused-ring (bicyclic) bond motifs is 1. The van der Waals surface area contributed by atoms with Crippen LogP contribution in [0.15, 0.2) is 30.3 Å². The predicted molar refractivity (Wildman–Crippen MR) is 81.0 cm³/mol. The van der Waals surface area contributed by atoms with Crippen LogP contribution < -0.4 is 5.32 Å². The Hall–Kier alpha value is -2.61. The van der Waals surface area contributed by atoms with Crippen molar-refractivity contribution in [3.05, 3.63) is 35.9 Å². The third-order valence-corrected chi connectivity index (χ3v) is 3.16. The molecule has 2 aromatic rings. The summed E-state index contributed by atoms with van der Waals surface area (Å²) in [5.41, 5.74) is 1.08. The molecule has 0 fully saturated rings. The third-order valence-electron chi connectivity index (χ3n) is 3.16. The fraction of sp³-hybridized carbons (Fsp3) is 0.312. The van der Waals surface area contributed by atoms with Crippen LogP contribution in [0.5, 0.6) is 0 Å². The molecule has 5 heteroatoms. The number of nitrogens with zero attached hydrogens (tertiary/aromatic N) is 2. The van der Waals surface area contributed by atoms with Gasteiger partial charge in [-0.15, -0.1) is 0 Å². The Morgan fingerprint density at radius 1 is 1.43 bits per heavy atom. The summed E-state index contributed by atoms with van der Waals surface area (Å²) in [7, 11) is 0. The van der Waals surface area contributed by atoms with E-state index in [1.807, 2.05) is 38.1 Å². The minimum atomic E-state index is -0.942. The molecule has 0 aliphatic carbocycles. The van der Waals surface area contributed by atoms with Crippen molar-refractivity contribution in [3.8, 4) is 6.07 Å². The van der Waals surface area contributed by atoms with Gasteiger partial charge in [0.25, 0.3) is 0 Å². The summed E-state index contributed by atoms with van der Waals surface area (Å²) in [4.78, 5) is 15.7. The van der Waals surface area contributed by atoms with Crippen LogP contribution in [0.3, 0.4) is 0 Å². The fourth-order valence-electron chi connectivity index (χ4n) is 2.17. The Labute approximate surface area is 123 Å². The van der Waals surface area contributed by atoms with Crippen LogP contribution in [-0.2, 0) is 4.79 Å². The lowest BCUT2D eigenvalue weighted by Gasteiger charge is -2.18. The van der Waals surface area contributed by atoms with E-state index in [4.69, 9.17) is 0 Å². The van der Waals surface area contributed by atoms with Crippen LogP contribution in [0, 0.1) is 17.2 Å². The Morgan fingerprint density at radius 3 is 2.76 bits per heavy atom. The van der Waals surface area contributed by atoms with Gasteiger partial charge in [-0.1, -0.05) is 32.0 Å². The van der Waals surface area contributed by atoms with Gasteiger partial charge in [-0.25, -0.2) is 9.78 Å². The van der Waals surface area contributed by atoms with Crippen molar-refractivity contribution in [1.29, 1.82) is 5.26 Å². The van der Waals surface area contributed by atoms with Crippen molar-refractivity contribution in [1.82, 2.24) is 4.98 Å². The summed E-state index contributed by atoms with van der Waals surface area (Å²) in [6, 6.07) is 10.5. The molecular weight excluding hydrogens is 266 g/mol. The smallest absolute Gasteiger partial charge is 0.326 e. The number of carbonyl (C=O) groups is 1. The topological polar surface area (TPSA) is 86.0 Å². The van der Waals surface area contributed by atoms with Crippen LogP contribution in [0.2, 0.25) is 0 Å². The number of carboxylic acid groups (broad SMARTS) is 1. The van der Waals surface area contributed by atoms with Gasteiger partial charge in [0.1, 0.15) is 17.9 Å². The maximum atomic E-state index is 11.3. The molecule has 0 radical (unpaired) electrons. The first-order valence-electron chi connectivity index (χ1n) is 6.80. The average Bonchev–Trinajstić information content (AvgIpc) is 2.45. The number of nitrogens with one attached hydrogen (secondary N) is 1. The largest absolute Gasteiger partial charge is 0.480 e. The van der Waals surface area contributed by atoms with Crippen molar-refractivity contribution in [2.45, 2.75) is 26.3 Å². The zero-order chi connectivity index (χ0) is 15.4. The maximum Gasteiger partial charge on any atom is 0.326 e. The summed E-state index contributed by atoms with van der Waals surface area (Å²) in [5, 5.41) is 22.3. The molecule has 1 unspecified atom stereocenters. The van der Waals surface area contributed by atoms with Crippen molar-refractivity contribution in [2.24, 2.45) is 5.92 Å². The second kappa shape index (κ2) is 6.23. The molecule has 1 atom stereocenters. The number of nitriles is 1. The second-order valence-corrected chi connectivity index (χ2v) is 5.35. The molecular formula is C16H17N3O2. The molecule has 0 bridgehead atoms. The normalized spacial score (nSPS) is 12.1. The lowest BCUT2D eigenvalue weighted by molar-refractivity contribution is -0.138. The van der Waals surface area contributed by atoms with Gasteiger partial charge in [0, 0.05) is 5.39 Å². The number of rotatable bonds is 5. The number of anilines is 1. The minimum absolute atomic E-state index is 0.226. The van der Waals surface area contributed by atoms with E-state index in [0.717, 1.165) is 10.9 Å². The monoisotopic (exact) mass is 283 g/mol. The number of aromatic nitrogens is 1. The first-order valence-corrected chi connectivity index (χ1v) is 6.80. The van der Waals surface area contributed by atoms with Gasteiger partial charge in [0.15, 0.2) is 0 Å². The number of hydrogen-bond acceptors (Lipinski definition) is 4. The number of carboxylic acids is 1. The van der Waals surface area contributed by atoms with E-state index in [0.29, 0.717) is 17.8 Å². The lowest BCUT2D eigenvalue weighted by Crippen LogP contribution is -2.31. The van der Waals surface area contributed by atoms with E-state index >= 15 is 0 Å². The molecule has 1 heterocycles. The van der Waals surface area contributed by atoms with Gasteiger partial charge in [-0.05, 0) is 24.5 Å². The van der Waals surface area contributed by atoms with Crippen LogP contribution in [-0.4, -0.2) is 22.1 Å². The highest BCUT2D eigenvalue weighted by molar-refractivity contribution is 5.84. The zero-order valence-corrected chi connectivity index (χ0v) is 12.0. The van der Waals surface area contributed by atoms with Crippen molar-refractivity contribution < 1.29 is 9.90 Å². The number of hydrogen-bond donors (Lipinski definition) is 2. The van der Waals surface area contributed by atoms with E-state index in [-0.39, 0.29) is 5.92 Å². The number of benzene rings is 1. The van der Waals surface area contributed by atoms with Crippen molar-refractivity contribution in [2.75, 3.05) is 5.32 Å². The molecule has 0 spiro atoms. The Bertz CT molecular complexity index is 704. The maximum absolute atomic E-state index is 11.3. The highest BCUT2D eigenvalue weighted by Crippen LogP contribution is 2.21. The predicted octanol–water partition coefficient (Wildman–Crippen LogP) is 3.02. The van der Waals surface area contributed by atoms with Crippen molar-refractivity contribution >= 4 is 22.7 Å². The number of pyridine rings is 1. The molecule has 2 N–H and O–H groups in total. The van der Waals surface area contributed by atoms with Crippen LogP contribution in [0.1, 0.15) is 25.8 Å². The van der Waals surface area contributed by atoms with Gasteiger partial charge in [-0.2, -0.15) is 5.26 Å². The molecule has 0 aliphatic rings. The lowest BCUT2D eigenvalue weighted by atomic mass is 10.0. The molecule has 1 aromatic heterocycles. The van der Waals surface area contributed by atoms with E-state index in [1.165, 1.54) is 0 Å². The zero-order valence-electron chi connectivity index (χ0n) is 12.0. The molecule has 1 aromatic carbocycles. The molecule has 5 nitrogen and oxygen atoms in total. The number of para-hydroxylation sites is 1. The summed E-state index contributed by atoms with van der Waals surface area (Å²) in [6.07, 6.45) is 0.467. The van der Waals surface area contributed by atoms with Gasteiger partial charge in [0.05, 0.1) is 11.1 Å². The average molecular weight is 283 g/mol. The first-order chi connectivity index (χ1) is 10.0. The minimum Gasteiger partial charge on any atom is -0.480 e. The second-order valence-electron chi connectivity index (χ2n) is 5.35. The molecule has 0 saturated carbocycles. The summed E-state index contributed by atoms with van der Waals surface area (Å²) >= 11 is 0. The summed E-state index contributed by atoms with van der Waals surface area (Å²) < 4.78 is 0. The molecule has 0 aliphatic heterocycles. The molecule has 21 heavy (non-hydrogen) atoms. The van der Waals surface area contributed by atoms with Gasteiger partial charge in [-0.3, -0.25) is 0 Å². The van der Waals surface area contributed by atoms with E-state index < -0.39 is 12.0 Å². The highest BCUT2D eigenvalue weighted by Gasteiger charge is 2.20. The SMILES string of the molecule is CC(C)CC(Nc1nc2ccccc2cc1C#N)C(=O)O. The molecule has 0 amide bonds. The Balaban J connectivity index is 2.40. The van der Waals surface area contributed by atoms with E-state index in [1.54, 1.807) is 6.07 Å². The first kappa shape index (κ1) is 14.8. The van der Waals surface area contributed by atoms with E-state index in [9.17, 15) is 15.2 Å². The van der Waals surface area contributed by atoms with Crippen LogP contribution in [0.4, 0.5) is 5.82 Å². The number of aliphatic carboxylic acids is 1. The van der Waals surface area contributed by atoms with Gasteiger partial charge in [0.2, 0.25) is 0 Å². The quantitative estimate of drug-likeness (QED) is 0.880. The molecule has 2 rings (SSSR count).